The summed E-state index contributed by atoms with van der Waals surface area (Å²) in [6, 6.07) is 16.9. The highest BCUT2D eigenvalue weighted by Gasteiger charge is 2.30. The Morgan fingerprint density at radius 2 is 2.03 bits per heavy atom. The second-order valence-electron chi connectivity index (χ2n) is 8.65. The van der Waals surface area contributed by atoms with Crippen LogP contribution in [-0.4, -0.2) is 34.4 Å². The highest BCUT2D eigenvalue weighted by molar-refractivity contribution is 5.98. The second-order valence-corrected chi connectivity index (χ2v) is 8.65. The number of carbonyl (C=O) groups excluding carboxylic acids is 1. The maximum atomic E-state index is 13.5. The molecule has 1 fully saturated rings. The van der Waals surface area contributed by atoms with E-state index in [2.05, 4.69) is 22.4 Å². The number of benzene rings is 2. The van der Waals surface area contributed by atoms with E-state index in [0.717, 1.165) is 53.3 Å². The molecule has 1 saturated carbocycles. The molecule has 2 heterocycles. The van der Waals surface area contributed by atoms with E-state index < -0.39 is 0 Å². The van der Waals surface area contributed by atoms with Crippen LogP contribution in [0.15, 0.2) is 59.0 Å². The Morgan fingerprint density at radius 3 is 2.88 bits per heavy atom. The van der Waals surface area contributed by atoms with Gasteiger partial charge in [-0.05, 0) is 69.0 Å². The summed E-state index contributed by atoms with van der Waals surface area (Å²) in [5.74, 6) is 0.614. The number of aromatic amines is 1. The van der Waals surface area contributed by atoms with E-state index in [9.17, 15) is 9.18 Å². The molecule has 32 heavy (non-hydrogen) atoms. The second kappa shape index (κ2) is 8.79. The average Bonchev–Trinajstić information content (AvgIpc) is 3.42. The third-order valence-corrected chi connectivity index (χ3v) is 6.54. The summed E-state index contributed by atoms with van der Waals surface area (Å²) in [7, 11) is 0. The predicted octanol–water partition coefficient (Wildman–Crippen LogP) is 5.62. The molecule has 6 heteroatoms. The van der Waals surface area contributed by atoms with Crippen LogP contribution in [0.1, 0.15) is 48.9 Å². The fourth-order valence-electron chi connectivity index (χ4n) is 4.94. The van der Waals surface area contributed by atoms with Crippen molar-refractivity contribution in [2.75, 3.05) is 6.54 Å². The summed E-state index contributed by atoms with van der Waals surface area (Å²) in [5, 5.41) is 5.47. The highest BCUT2D eigenvalue weighted by atomic mass is 19.1. The Balaban J connectivity index is 1.25. The number of hydrogen-bond donors (Lipinski definition) is 2. The monoisotopic (exact) mass is 433 g/mol. The maximum absolute atomic E-state index is 13.5. The van der Waals surface area contributed by atoms with Gasteiger partial charge in [0.2, 0.25) is 0 Å². The van der Waals surface area contributed by atoms with E-state index in [4.69, 9.17) is 4.42 Å². The fraction of sp³-hybridized carbons (Fsp3) is 0.346. The van der Waals surface area contributed by atoms with Gasteiger partial charge in [0.15, 0.2) is 0 Å². The van der Waals surface area contributed by atoms with E-state index in [1.807, 2.05) is 30.0 Å². The summed E-state index contributed by atoms with van der Waals surface area (Å²) in [4.78, 5) is 18.4. The van der Waals surface area contributed by atoms with Crippen LogP contribution in [-0.2, 0) is 6.54 Å². The first-order valence-electron chi connectivity index (χ1n) is 11.4. The lowest BCUT2D eigenvalue weighted by atomic mass is 9.89. The molecule has 5 nitrogen and oxygen atoms in total. The van der Waals surface area contributed by atoms with Gasteiger partial charge in [-0.1, -0.05) is 18.2 Å². The van der Waals surface area contributed by atoms with Gasteiger partial charge in [-0.25, -0.2) is 4.39 Å². The van der Waals surface area contributed by atoms with Gasteiger partial charge in [-0.2, -0.15) is 0 Å². The van der Waals surface area contributed by atoms with Crippen molar-refractivity contribution in [3.8, 4) is 0 Å². The number of para-hydroxylation sites is 1. The van der Waals surface area contributed by atoms with E-state index in [1.54, 1.807) is 12.1 Å². The number of H-pyrrole nitrogens is 1. The summed E-state index contributed by atoms with van der Waals surface area (Å²) in [6.07, 6.45) is 4.07. The zero-order valence-electron chi connectivity index (χ0n) is 18.2. The summed E-state index contributed by atoms with van der Waals surface area (Å²) in [6.45, 7) is 3.34. The Morgan fingerprint density at radius 1 is 1.16 bits per heavy atom. The first-order chi connectivity index (χ1) is 15.6. The normalized spacial score (nSPS) is 18.9. The Bertz CT molecular complexity index is 1210. The Kier molecular flexibility index (Phi) is 5.70. The average molecular weight is 434 g/mol. The molecule has 5 rings (SSSR count). The third-order valence-electron chi connectivity index (χ3n) is 6.54. The molecule has 2 aromatic heterocycles. The quantitative estimate of drug-likeness (QED) is 0.415. The van der Waals surface area contributed by atoms with Crippen LogP contribution < -0.4 is 5.32 Å². The number of hydrogen-bond acceptors (Lipinski definition) is 3. The highest BCUT2D eigenvalue weighted by Crippen LogP contribution is 2.26. The molecule has 166 valence electrons. The van der Waals surface area contributed by atoms with Crippen molar-refractivity contribution in [1.82, 2.24) is 15.2 Å². The molecule has 2 N–H and O–H groups in total. The molecular formula is C26H28FN3O2. The molecule has 1 amide bonds. The van der Waals surface area contributed by atoms with Gasteiger partial charge in [0.1, 0.15) is 22.9 Å². The van der Waals surface area contributed by atoms with E-state index in [1.165, 1.54) is 12.1 Å². The molecule has 1 aliphatic rings. The standard InChI is InChI=1S/C26H28FN3O2/c1-2-30(26(31)24-14-18-12-19(27)10-11-23(18)29-24)21-8-5-7-20(15-21)28-16-22-13-17-6-3-4-9-25(17)32-22/h3-4,6,9-14,20-21,28-29H,2,5,7-8,15-16H2,1H3/t20-,21?/m1/s1. The topological polar surface area (TPSA) is 61.3 Å². The van der Waals surface area contributed by atoms with Crippen LogP contribution in [0, 0.1) is 5.82 Å². The van der Waals surface area contributed by atoms with Crippen LogP contribution >= 0.6 is 0 Å². The van der Waals surface area contributed by atoms with Gasteiger partial charge in [0, 0.05) is 34.9 Å². The predicted molar refractivity (Wildman–Crippen MR) is 124 cm³/mol. The summed E-state index contributed by atoms with van der Waals surface area (Å²) < 4.78 is 19.5. The van der Waals surface area contributed by atoms with Crippen LogP contribution in [0.5, 0.6) is 0 Å². The Labute approximate surface area is 186 Å². The van der Waals surface area contributed by atoms with Crippen molar-refractivity contribution in [3.63, 3.8) is 0 Å². The van der Waals surface area contributed by atoms with Gasteiger partial charge in [-0.3, -0.25) is 4.79 Å². The van der Waals surface area contributed by atoms with E-state index >= 15 is 0 Å². The van der Waals surface area contributed by atoms with Gasteiger partial charge in [0.25, 0.3) is 5.91 Å². The molecule has 4 aromatic rings. The first kappa shape index (κ1) is 20.8. The molecule has 0 spiro atoms. The van der Waals surface area contributed by atoms with Gasteiger partial charge in [-0.15, -0.1) is 0 Å². The fourth-order valence-corrected chi connectivity index (χ4v) is 4.94. The zero-order valence-corrected chi connectivity index (χ0v) is 18.2. The minimum Gasteiger partial charge on any atom is -0.460 e. The number of halogens is 1. The van der Waals surface area contributed by atoms with Crippen LogP contribution in [0.25, 0.3) is 21.9 Å². The van der Waals surface area contributed by atoms with Crippen LogP contribution in [0.3, 0.4) is 0 Å². The van der Waals surface area contributed by atoms with E-state index in [0.29, 0.717) is 24.8 Å². The number of amides is 1. The number of furan rings is 1. The molecule has 0 bridgehead atoms. The number of nitrogens with one attached hydrogen (secondary N) is 2. The molecule has 0 radical (unpaired) electrons. The molecule has 1 unspecified atom stereocenters. The van der Waals surface area contributed by atoms with Gasteiger partial charge >= 0.3 is 0 Å². The van der Waals surface area contributed by atoms with Crippen molar-refractivity contribution in [3.05, 3.63) is 71.9 Å². The molecule has 2 atom stereocenters. The lowest BCUT2D eigenvalue weighted by Gasteiger charge is -2.37. The van der Waals surface area contributed by atoms with Crippen molar-refractivity contribution in [1.29, 1.82) is 0 Å². The molecule has 1 aliphatic carbocycles. The van der Waals surface area contributed by atoms with Crippen molar-refractivity contribution in [2.24, 2.45) is 0 Å². The molecule has 0 saturated heterocycles. The zero-order chi connectivity index (χ0) is 22.1. The Hall–Kier alpha value is -3.12. The lowest BCUT2D eigenvalue weighted by Crippen LogP contribution is -2.46. The molecular weight excluding hydrogens is 405 g/mol. The molecule has 2 aromatic carbocycles. The molecule has 0 aliphatic heterocycles. The van der Waals surface area contributed by atoms with Crippen molar-refractivity contribution < 1.29 is 13.6 Å². The summed E-state index contributed by atoms with van der Waals surface area (Å²) in [5.41, 5.74) is 2.21. The minimum atomic E-state index is -0.298. The van der Waals surface area contributed by atoms with E-state index in [-0.39, 0.29) is 17.8 Å². The number of fused-ring (bicyclic) bond motifs is 2. The van der Waals surface area contributed by atoms with Gasteiger partial charge < -0.3 is 19.6 Å². The minimum absolute atomic E-state index is 0.0213. The lowest BCUT2D eigenvalue weighted by molar-refractivity contribution is 0.0622. The van der Waals surface area contributed by atoms with Crippen LogP contribution in [0.4, 0.5) is 4.39 Å². The van der Waals surface area contributed by atoms with Crippen molar-refractivity contribution >= 4 is 27.8 Å². The number of nitrogens with zero attached hydrogens (tertiary/aromatic N) is 1. The van der Waals surface area contributed by atoms with Crippen molar-refractivity contribution in [2.45, 2.75) is 51.2 Å². The van der Waals surface area contributed by atoms with Gasteiger partial charge in [0.05, 0.1) is 6.54 Å². The summed E-state index contributed by atoms with van der Waals surface area (Å²) >= 11 is 0. The largest absolute Gasteiger partial charge is 0.460 e. The first-order valence-corrected chi connectivity index (χ1v) is 11.4. The third kappa shape index (κ3) is 4.15. The van der Waals surface area contributed by atoms with Crippen LogP contribution in [0.2, 0.25) is 0 Å². The number of carbonyl (C=O) groups is 1. The smallest absolute Gasteiger partial charge is 0.270 e. The maximum Gasteiger partial charge on any atom is 0.270 e. The number of aromatic nitrogens is 1. The number of rotatable bonds is 6. The SMILES string of the molecule is CCN(C(=O)c1cc2cc(F)ccc2[nH]1)C1CCC[C@@H](NCc2cc3ccccc3o2)C1.